The molecule has 5 heteroatoms. The van der Waals surface area contributed by atoms with E-state index in [-0.39, 0.29) is 17.9 Å². The van der Waals surface area contributed by atoms with Crippen molar-refractivity contribution in [1.29, 1.82) is 0 Å². The van der Waals surface area contributed by atoms with Gasteiger partial charge >= 0.3 is 0 Å². The molecule has 1 fully saturated rings. The molecule has 0 bridgehead atoms. The van der Waals surface area contributed by atoms with Crippen molar-refractivity contribution in [2.24, 2.45) is 0 Å². The van der Waals surface area contributed by atoms with Crippen LogP contribution in [-0.2, 0) is 22.6 Å². The van der Waals surface area contributed by atoms with Gasteiger partial charge in [-0.3, -0.25) is 9.59 Å². The molecule has 3 aromatic carbocycles. The zero-order valence-electron chi connectivity index (χ0n) is 20.1. The van der Waals surface area contributed by atoms with Crippen LogP contribution in [0.3, 0.4) is 0 Å². The fraction of sp³-hybridized carbons (Fsp3) is 0.333. The maximum Gasteiger partial charge on any atom is 0.243 e. The number of nitrogens with one attached hydrogen (secondary N) is 1. The van der Waals surface area contributed by atoms with Gasteiger partial charge in [-0.15, -0.1) is 11.8 Å². The number of nitrogens with zero attached hydrogens (tertiary/aromatic N) is 1. The average Bonchev–Trinajstić information content (AvgIpc) is 3.41. The van der Waals surface area contributed by atoms with E-state index < -0.39 is 6.04 Å². The predicted octanol–water partition coefficient (Wildman–Crippen LogP) is 5.87. The Morgan fingerprint density at radius 1 is 0.829 bits per heavy atom. The molecule has 0 unspecified atom stereocenters. The van der Waals surface area contributed by atoms with Gasteiger partial charge in [-0.25, -0.2) is 0 Å². The van der Waals surface area contributed by atoms with Crippen LogP contribution in [0.1, 0.15) is 43.2 Å². The van der Waals surface area contributed by atoms with E-state index in [9.17, 15) is 9.59 Å². The van der Waals surface area contributed by atoms with E-state index >= 15 is 0 Å². The number of amides is 2. The van der Waals surface area contributed by atoms with E-state index in [1.54, 1.807) is 16.7 Å². The van der Waals surface area contributed by atoms with Crippen LogP contribution in [-0.4, -0.2) is 34.6 Å². The molecule has 1 saturated carbocycles. The van der Waals surface area contributed by atoms with Crippen LogP contribution in [0.15, 0.2) is 95.9 Å². The van der Waals surface area contributed by atoms with Gasteiger partial charge in [-0.1, -0.05) is 91.7 Å². The molecule has 1 N–H and O–H groups in total. The van der Waals surface area contributed by atoms with Gasteiger partial charge in [0.05, 0.1) is 0 Å². The molecule has 182 valence electrons. The summed E-state index contributed by atoms with van der Waals surface area (Å²) in [7, 11) is 0. The van der Waals surface area contributed by atoms with Crippen molar-refractivity contribution in [2.45, 2.75) is 62.0 Å². The molecular formula is C30H34N2O2S. The summed E-state index contributed by atoms with van der Waals surface area (Å²) in [4.78, 5) is 30.2. The second-order valence-corrected chi connectivity index (χ2v) is 10.3. The summed E-state index contributed by atoms with van der Waals surface area (Å²) in [5.41, 5.74) is 2.09. The summed E-state index contributed by atoms with van der Waals surface area (Å²) in [5, 5.41) is 3.26. The summed E-state index contributed by atoms with van der Waals surface area (Å²) in [5.74, 6) is 0.650. The fourth-order valence-corrected chi connectivity index (χ4v) is 5.48. The summed E-state index contributed by atoms with van der Waals surface area (Å²) in [6.07, 6.45) is 5.22. The standard InChI is InChI=1S/C30H34N2O2S/c33-29(20-21-35-27-18-8-3-9-19-27)32(23-25-14-6-2-7-15-25)28(22-24-12-4-1-5-13-24)30(34)31-26-16-10-11-17-26/h1-9,12-15,18-19,26,28H,10-11,16-17,20-23H2,(H,31,34)/t28-/m0/s1. The minimum Gasteiger partial charge on any atom is -0.352 e. The number of rotatable bonds is 11. The summed E-state index contributed by atoms with van der Waals surface area (Å²) < 4.78 is 0. The molecule has 3 aromatic rings. The zero-order chi connectivity index (χ0) is 24.3. The van der Waals surface area contributed by atoms with E-state index in [1.807, 2.05) is 78.9 Å². The van der Waals surface area contributed by atoms with E-state index in [1.165, 1.54) is 0 Å². The van der Waals surface area contributed by atoms with Gasteiger partial charge in [0.25, 0.3) is 0 Å². The van der Waals surface area contributed by atoms with Crippen LogP contribution < -0.4 is 5.32 Å². The Kier molecular flexibility index (Phi) is 9.41. The molecular weight excluding hydrogens is 452 g/mol. The van der Waals surface area contributed by atoms with Gasteiger partial charge in [0.2, 0.25) is 11.8 Å². The second-order valence-electron chi connectivity index (χ2n) is 9.11. The number of carbonyl (C=O) groups excluding carboxylic acids is 2. The van der Waals surface area contributed by atoms with Gasteiger partial charge in [-0.05, 0) is 36.1 Å². The van der Waals surface area contributed by atoms with Gasteiger partial charge in [0.1, 0.15) is 6.04 Å². The van der Waals surface area contributed by atoms with E-state index in [0.717, 1.165) is 41.7 Å². The lowest BCUT2D eigenvalue weighted by Crippen LogP contribution is -2.52. The molecule has 2 amide bonds. The topological polar surface area (TPSA) is 49.4 Å². The van der Waals surface area contributed by atoms with Crippen LogP contribution in [0.2, 0.25) is 0 Å². The minimum absolute atomic E-state index is 0.0137. The lowest BCUT2D eigenvalue weighted by Gasteiger charge is -2.32. The third kappa shape index (κ3) is 7.72. The molecule has 0 aromatic heterocycles. The SMILES string of the molecule is O=C(NC1CCCC1)[C@H](Cc1ccccc1)N(Cc1ccccc1)C(=O)CCSc1ccccc1. The highest BCUT2D eigenvalue weighted by Gasteiger charge is 2.31. The molecule has 0 aliphatic heterocycles. The van der Waals surface area contributed by atoms with Gasteiger partial charge < -0.3 is 10.2 Å². The Morgan fingerprint density at radius 2 is 1.40 bits per heavy atom. The molecule has 1 aliphatic carbocycles. The summed E-state index contributed by atoms with van der Waals surface area (Å²) in [6.45, 7) is 0.422. The Bertz CT molecular complexity index is 1050. The minimum atomic E-state index is -0.549. The molecule has 0 spiro atoms. The van der Waals surface area contributed by atoms with Crippen LogP contribution in [0, 0.1) is 0 Å². The number of benzene rings is 3. The first-order valence-electron chi connectivity index (χ1n) is 12.5. The molecule has 0 heterocycles. The molecule has 1 atom stereocenters. The quantitative estimate of drug-likeness (QED) is 0.345. The van der Waals surface area contributed by atoms with Gasteiger partial charge in [-0.2, -0.15) is 0 Å². The molecule has 35 heavy (non-hydrogen) atoms. The van der Waals surface area contributed by atoms with Crippen LogP contribution >= 0.6 is 11.8 Å². The van der Waals surface area contributed by atoms with Crippen molar-refractivity contribution in [3.63, 3.8) is 0 Å². The molecule has 0 radical (unpaired) electrons. The third-order valence-corrected chi connectivity index (χ3v) is 7.51. The normalized spacial score (nSPS) is 14.4. The Labute approximate surface area is 213 Å². The first kappa shape index (κ1) is 25.1. The third-order valence-electron chi connectivity index (χ3n) is 6.50. The largest absolute Gasteiger partial charge is 0.352 e. The van der Waals surface area contributed by atoms with E-state index in [4.69, 9.17) is 0 Å². The average molecular weight is 487 g/mol. The number of carbonyl (C=O) groups is 2. The maximum atomic E-state index is 13.6. The zero-order valence-corrected chi connectivity index (χ0v) is 21.0. The first-order chi connectivity index (χ1) is 17.2. The van der Waals surface area contributed by atoms with E-state index in [2.05, 4.69) is 17.4 Å². The number of thioether (sulfide) groups is 1. The second kappa shape index (κ2) is 13.1. The van der Waals surface area contributed by atoms with Crippen molar-refractivity contribution in [3.05, 3.63) is 102 Å². The highest BCUT2D eigenvalue weighted by Crippen LogP contribution is 2.22. The van der Waals surface area contributed by atoms with Crippen molar-refractivity contribution < 1.29 is 9.59 Å². The lowest BCUT2D eigenvalue weighted by molar-refractivity contribution is -0.141. The molecule has 4 nitrogen and oxygen atoms in total. The Morgan fingerprint density at radius 3 is 2.03 bits per heavy atom. The number of hydrogen-bond acceptors (Lipinski definition) is 3. The fourth-order valence-electron chi connectivity index (χ4n) is 4.62. The van der Waals surface area contributed by atoms with Crippen LogP contribution in [0.5, 0.6) is 0 Å². The van der Waals surface area contributed by atoms with Crippen molar-refractivity contribution in [1.82, 2.24) is 10.2 Å². The Balaban J connectivity index is 1.54. The summed E-state index contributed by atoms with van der Waals surface area (Å²) >= 11 is 1.67. The maximum absolute atomic E-state index is 13.6. The van der Waals surface area contributed by atoms with E-state index in [0.29, 0.717) is 25.1 Å². The van der Waals surface area contributed by atoms with Gasteiger partial charge in [0.15, 0.2) is 0 Å². The monoisotopic (exact) mass is 486 g/mol. The molecule has 1 aliphatic rings. The van der Waals surface area contributed by atoms with Crippen molar-refractivity contribution in [3.8, 4) is 0 Å². The smallest absolute Gasteiger partial charge is 0.243 e. The van der Waals surface area contributed by atoms with Crippen molar-refractivity contribution >= 4 is 23.6 Å². The summed E-state index contributed by atoms with van der Waals surface area (Å²) in [6, 6.07) is 29.8. The first-order valence-corrected chi connectivity index (χ1v) is 13.5. The molecule has 4 rings (SSSR count). The van der Waals surface area contributed by atoms with Crippen molar-refractivity contribution in [2.75, 3.05) is 5.75 Å². The molecule has 0 saturated heterocycles. The highest BCUT2D eigenvalue weighted by molar-refractivity contribution is 7.99. The Hall–Kier alpha value is -3.05. The van der Waals surface area contributed by atoms with Crippen LogP contribution in [0.4, 0.5) is 0 Å². The van der Waals surface area contributed by atoms with Crippen LogP contribution in [0.25, 0.3) is 0 Å². The highest BCUT2D eigenvalue weighted by atomic mass is 32.2. The van der Waals surface area contributed by atoms with Gasteiger partial charge in [0, 0.05) is 36.1 Å². The number of hydrogen-bond donors (Lipinski definition) is 1. The lowest BCUT2D eigenvalue weighted by atomic mass is 10.0. The predicted molar refractivity (Wildman–Crippen MR) is 143 cm³/mol.